The molecule has 2 unspecified atom stereocenters. The van der Waals surface area contributed by atoms with Crippen LogP contribution >= 0.6 is 11.6 Å². The lowest BCUT2D eigenvalue weighted by molar-refractivity contribution is 0.0769. The smallest absolute Gasteiger partial charge is 0.243 e. The number of nitrogens with zero attached hydrogens (tertiary/aromatic N) is 1. The zero-order chi connectivity index (χ0) is 15.2. The maximum absolute atomic E-state index is 12.9. The van der Waals surface area contributed by atoms with E-state index in [1.807, 2.05) is 0 Å². The molecule has 21 heavy (non-hydrogen) atoms. The normalized spacial score (nSPS) is 29.8. The number of piperidine rings is 1. The predicted octanol–water partition coefficient (Wildman–Crippen LogP) is 1.48. The Morgan fingerprint density at radius 1 is 1.29 bits per heavy atom. The van der Waals surface area contributed by atoms with Crippen molar-refractivity contribution in [1.29, 1.82) is 0 Å². The fourth-order valence-electron chi connectivity index (χ4n) is 3.47. The summed E-state index contributed by atoms with van der Waals surface area (Å²) in [6.45, 7) is 0.278. The van der Waals surface area contributed by atoms with Gasteiger partial charge in [-0.15, -0.1) is 0 Å². The quantitative estimate of drug-likeness (QED) is 0.879. The first kappa shape index (κ1) is 15.2. The first-order chi connectivity index (χ1) is 9.93. The molecule has 2 aliphatic heterocycles. The molecule has 3 rings (SSSR count). The highest BCUT2D eigenvalue weighted by molar-refractivity contribution is 7.89. The van der Waals surface area contributed by atoms with Gasteiger partial charge in [0.25, 0.3) is 0 Å². The van der Waals surface area contributed by atoms with Crippen molar-refractivity contribution in [3.05, 3.63) is 28.8 Å². The summed E-state index contributed by atoms with van der Waals surface area (Å²) in [5, 5.41) is 10.2. The van der Waals surface area contributed by atoms with Crippen LogP contribution in [-0.4, -0.2) is 36.0 Å². The monoisotopic (exact) mass is 330 g/mol. The van der Waals surface area contributed by atoms with Crippen molar-refractivity contribution in [1.82, 2.24) is 4.31 Å². The number of sulfonamides is 1. The highest BCUT2D eigenvalue weighted by atomic mass is 35.5. The molecule has 2 fully saturated rings. The third-order valence-electron chi connectivity index (χ3n) is 4.46. The van der Waals surface area contributed by atoms with E-state index in [1.165, 1.54) is 6.07 Å². The molecule has 116 valence electrons. The third kappa shape index (κ3) is 2.59. The summed E-state index contributed by atoms with van der Waals surface area (Å²) < 4.78 is 27.3. The van der Waals surface area contributed by atoms with E-state index < -0.39 is 16.1 Å². The number of nitrogens with two attached hydrogens (primary N) is 1. The van der Waals surface area contributed by atoms with Crippen LogP contribution in [0.25, 0.3) is 0 Å². The Morgan fingerprint density at radius 3 is 2.43 bits per heavy atom. The summed E-state index contributed by atoms with van der Waals surface area (Å²) in [7, 11) is -3.57. The van der Waals surface area contributed by atoms with Gasteiger partial charge in [0.15, 0.2) is 0 Å². The van der Waals surface area contributed by atoms with Gasteiger partial charge in [0.1, 0.15) is 0 Å². The van der Waals surface area contributed by atoms with E-state index in [1.54, 1.807) is 16.4 Å². The molecule has 7 heteroatoms. The standard InChI is InChI=1S/C14H19ClN2O3S/c15-14-7-13(4-1-9(14)8-16)21(19,20)17-10-2-3-11(17)6-12(18)5-10/h1,4,7,10-12,18H,2-3,5-6,8,16H2. The van der Waals surface area contributed by atoms with Gasteiger partial charge in [-0.3, -0.25) is 0 Å². The molecule has 0 aliphatic carbocycles. The minimum Gasteiger partial charge on any atom is -0.393 e. The maximum atomic E-state index is 12.9. The van der Waals surface area contributed by atoms with E-state index in [0.29, 0.717) is 17.9 Å². The maximum Gasteiger partial charge on any atom is 0.243 e. The largest absolute Gasteiger partial charge is 0.393 e. The van der Waals surface area contributed by atoms with Crippen LogP contribution in [0.4, 0.5) is 0 Å². The lowest BCUT2D eigenvalue weighted by Crippen LogP contribution is -2.47. The molecule has 2 aliphatic rings. The fourth-order valence-corrected chi connectivity index (χ4v) is 5.71. The fraction of sp³-hybridized carbons (Fsp3) is 0.571. The molecular weight excluding hydrogens is 312 g/mol. The number of hydrogen-bond donors (Lipinski definition) is 2. The van der Waals surface area contributed by atoms with E-state index in [0.717, 1.165) is 18.4 Å². The van der Waals surface area contributed by atoms with E-state index >= 15 is 0 Å². The molecule has 2 atom stereocenters. The van der Waals surface area contributed by atoms with Gasteiger partial charge in [0.2, 0.25) is 10.0 Å². The second-order valence-electron chi connectivity index (χ2n) is 5.80. The van der Waals surface area contributed by atoms with Crippen molar-refractivity contribution in [3.63, 3.8) is 0 Å². The van der Waals surface area contributed by atoms with Gasteiger partial charge in [0, 0.05) is 23.7 Å². The van der Waals surface area contributed by atoms with Crippen molar-refractivity contribution in [2.75, 3.05) is 0 Å². The van der Waals surface area contributed by atoms with Crippen LogP contribution in [0, 0.1) is 0 Å². The Labute approximate surface area is 129 Å². The van der Waals surface area contributed by atoms with Gasteiger partial charge in [-0.2, -0.15) is 4.31 Å². The summed E-state index contributed by atoms with van der Waals surface area (Å²) in [6, 6.07) is 4.50. The minimum atomic E-state index is -3.57. The Bertz CT molecular complexity index is 636. The molecule has 0 amide bonds. The Hall–Kier alpha value is -0.660. The van der Waals surface area contributed by atoms with Gasteiger partial charge in [-0.1, -0.05) is 17.7 Å². The number of halogens is 1. The second-order valence-corrected chi connectivity index (χ2v) is 8.05. The van der Waals surface area contributed by atoms with Crippen LogP contribution in [-0.2, 0) is 16.6 Å². The molecular formula is C14H19ClN2O3S. The molecule has 2 saturated heterocycles. The predicted molar refractivity (Wildman–Crippen MR) is 80.4 cm³/mol. The first-order valence-corrected chi connectivity index (χ1v) is 8.95. The van der Waals surface area contributed by atoms with Crippen LogP contribution in [0.3, 0.4) is 0 Å². The summed E-state index contributed by atoms with van der Waals surface area (Å²) >= 11 is 6.08. The van der Waals surface area contributed by atoms with Crippen LogP contribution in [0.5, 0.6) is 0 Å². The van der Waals surface area contributed by atoms with Crippen molar-refractivity contribution >= 4 is 21.6 Å². The Morgan fingerprint density at radius 2 is 1.90 bits per heavy atom. The van der Waals surface area contributed by atoms with E-state index in [4.69, 9.17) is 17.3 Å². The molecule has 0 saturated carbocycles. The summed E-state index contributed by atoms with van der Waals surface area (Å²) in [6.07, 6.45) is 2.27. The van der Waals surface area contributed by atoms with Gasteiger partial charge in [0.05, 0.1) is 11.0 Å². The van der Waals surface area contributed by atoms with Gasteiger partial charge < -0.3 is 10.8 Å². The average Bonchev–Trinajstić information content (AvgIpc) is 2.72. The van der Waals surface area contributed by atoms with Gasteiger partial charge >= 0.3 is 0 Å². The Balaban J connectivity index is 1.96. The molecule has 1 aromatic rings. The number of rotatable bonds is 3. The van der Waals surface area contributed by atoms with Crippen LogP contribution in [0.1, 0.15) is 31.2 Å². The third-order valence-corrected chi connectivity index (χ3v) is 6.81. The lowest BCUT2D eigenvalue weighted by Gasteiger charge is -2.36. The SMILES string of the molecule is NCc1ccc(S(=O)(=O)N2C3CCC2CC(O)C3)cc1Cl. The van der Waals surface area contributed by atoms with E-state index in [-0.39, 0.29) is 23.5 Å². The molecule has 0 spiro atoms. The zero-order valence-corrected chi connectivity index (χ0v) is 13.1. The zero-order valence-electron chi connectivity index (χ0n) is 11.6. The Kier molecular flexibility index (Phi) is 4.00. The van der Waals surface area contributed by atoms with Gasteiger partial charge in [-0.05, 0) is 43.4 Å². The molecule has 0 radical (unpaired) electrons. The second kappa shape index (κ2) is 5.52. The number of hydrogen-bond acceptors (Lipinski definition) is 4. The highest BCUT2D eigenvalue weighted by Gasteiger charge is 2.46. The van der Waals surface area contributed by atoms with Crippen molar-refractivity contribution in [2.45, 2.75) is 55.3 Å². The van der Waals surface area contributed by atoms with E-state index in [2.05, 4.69) is 0 Å². The number of benzene rings is 1. The first-order valence-electron chi connectivity index (χ1n) is 7.13. The van der Waals surface area contributed by atoms with Crippen LogP contribution < -0.4 is 5.73 Å². The molecule has 3 N–H and O–H groups in total. The lowest BCUT2D eigenvalue weighted by atomic mass is 10.0. The number of fused-ring (bicyclic) bond motifs is 2. The molecule has 1 aromatic carbocycles. The van der Waals surface area contributed by atoms with Crippen molar-refractivity contribution in [3.8, 4) is 0 Å². The number of aliphatic hydroxyl groups is 1. The number of aliphatic hydroxyl groups excluding tert-OH is 1. The minimum absolute atomic E-state index is 0.100. The highest BCUT2D eigenvalue weighted by Crippen LogP contribution is 2.40. The van der Waals surface area contributed by atoms with Crippen LogP contribution in [0.2, 0.25) is 5.02 Å². The van der Waals surface area contributed by atoms with Crippen LogP contribution in [0.15, 0.2) is 23.1 Å². The van der Waals surface area contributed by atoms with Crippen molar-refractivity contribution < 1.29 is 13.5 Å². The molecule has 5 nitrogen and oxygen atoms in total. The average molecular weight is 331 g/mol. The summed E-state index contributed by atoms with van der Waals surface area (Å²) in [5.74, 6) is 0. The molecule has 2 bridgehead atoms. The summed E-state index contributed by atoms with van der Waals surface area (Å²) in [5.41, 5.74) is 6.28. The molecule has 2 heterocycles. The topological polar surface area (TPSA) is 83.6 Å². The van der Waals surface area contributed by atoms with E-state index in [9.17, 15) is 13.5 Å². The van der Waals surface area contributed by atoms with Gasteiger partial charge in [-0.25, -0.2) is 8.42 Å². The summed E-state index contributed by atoms with van der Waals surface area (Å²) in [4.78, 5) is 0.206. The van der Waals surface area contributed by atoms with Crippen molar-refractivity contribution in [2.24, 2.45) is 5.73 Å². The molecule has 0 aromatic heterocycles.